The molecule has 1 aromatic carbocycles. The molecule has 96 valence electrons. The molecule has 0 aliphatic carbocycles. The number of para-hydroxylation sites is 1. The predicted octanol–water partition coefficient (Wildman–Crippen LogP) is 2.57. The van der Waals surface area contributed by atoms with Crippen LogP contribution in [0.2, 0.25) is 0 Å². The minimum absolute atomic E-state index is 0.761. The van der Waals surface area contributed by atoms with Crippen molar-refractivity contribution in [3.8, 4) is 0 Å². The molecule has 0 unspecified atom stereocenters. The molecule has 0 aromatic heterocycles. The molecule has 0 N–H and O–H groups in total. The first-order valence-corrected chi connectivity index (χ1v) is 6.34. The molecule has 3 nitrogen and oxygen atoms in total. The molecule has 0 amide bonds. The molecular weight excluding hydrogens is 214 g/mol. The van der Waals surface area contributed by atoms with E-state index in [1.807, 2.05) is 19.9 Å². The van der Waals surface area contributed by atoms with Crippen molar-refractivity contribution in [3.05, 3.63) is 30.3 Å². The summed E-state index contributed by atoms with van der Waals surface area (Å²) in [5, 5.41) is 0. The van der Waals surface area contributed by atoms with Crippen molar-refractivity contribution in [2.24, 2.45) is 0 Å². The Morgan fingerprint density at radius 2 is 1.41 bits per heavy atom. The van der Waals surface area contributed by atoms with Gasteiger partial charge in [0.15, 0.2) is 0 Å². The van der Waals surface area contributed by atoms with E-state index in [4.69, 9.17) is 9.47 Å². The molecule has 0 heterocycles. The van der Waals surface area contributed by atoms with Gasteiger partial charge < -0.3 is 14.4 Å². The number of ether oxygens (including phenoxy) is 2. The highest BCUT2D eigenvalue weighted by molar-refractivity contribution is 5.45. The van der Waals surface area contributed by atoms with Gasteiger partial charge in [0.25, 0.3) is 0 Å². The Morgan fingerprint density at radius 3 is 1.88 bits per heavy atom. The van der Waals surface area contributed by atoms with E-state index in [2.05, 4.69) is 29.2 Å². The number of benzene rings is 1. The van der Waals surface area contributed by atoms with Gasteiger partial charge in [0, 0.05) is 32.0 Å². The van der Waals surface area contributed by atoms with E-state index in [-0.39, 0.29) is 0 Å². The molecule has 0 fully saturated rings. The van der Waals surface area contributed by atoms with Crippen molar-refractivity contribution in [3.63, 3.8) is 0 Å². The maximum atomic E-state index is 5.41. The lowest BCUT2D eigenvalue weighted by Crippen LogP contribution is -2.31. The third-order valence-electron chi connectivity index (χ3n) is 2.54. The Kier molecular flexibility index (Phi) is 7.43. The van der Waals surface area contributed by atoms with E-state index in [1.165, 1.54) is 5.69 Å². The number of nitrogens with zero attached hydrogens (tertiary/aromatic N) is 1. The monoisotopic (exact) mass is 237 g/mol. The first-order chi connectivity index (χ1) is 8.38. The second-order valence-corrected chi connectivity index (χ2v) is 3.72. The van der Waals surface area contributed by atoms with Crippen molar-refractivity contribution in [1.82, 2.24) is 0 Å². The summed E-state index contributed by atoms with van der Waals surface area (Å²) in [5.74, 6) is 0. The Hall–Kier alpha value is -1.06. The summed E-state index contributed by atoms with van der Waals surface area (Å²) >= 11 is 0. The molecule has 0 bridgehead atoms. The smallest absolute Gasteiger partial charge is 0.0641 e. The van der Waals surface area contributed by atoms with Crippen molar-refractivity contribution in [1.29, 1.82) is 0 Å². The van der Waals surface area contributed by atoms with E-state index in [9.17, 15) is 0 Å². The Labute approximate surface area is 104 Å². The number of hydrogen-bond acceptors (Lipinski definition) is 3. The second-order valence-electron chi connectivity index (χ2n) is 3.72. The molecule has 0 radical (unpaired) electrons. The molecule has 3 heteroatoms. The number of rotatable bonds is 9. The number of anilines is 1. The zero-order chi connectivity index (χ0) is 12.3. The third kappa shape index (κ3) is 5.71. The van der Waals surface area contributed by atoms with E-state index in [0.29, 0.717) is 0 Å². The summed E-state index contributed by atoms with van der Waals surface area (Å²) in [6.45, 7) is 8.92. The van der Waals surface area contributed by atoms with Crippen LogP contribution in [-0.4, -0.2) is 39.5 Å². The maximum Gasteiger partial charge on any atom is 0.0641 e. The fourth-order valence-corrected chi connectivity index (χ4v) is 1.65. The van der Waals surface area contributed by atoms with Crippen LogP contribution >= 0.6 is 0 Å². The minimum atomic E-state index is 0.761. The molecule has 0 saturated heterocycles. The van der Waals surface area contributed by atoms with Crippen LogP contribution in [0.5, 0.6) is 0 Å². The van der Waals surface area contributed by atoms with Gasteiger partial charge >= 0.3 is 0 Å². The fraction of sp³-hybridized carbons (Fsp3) is 0.571. The van der Waals surface area contributed by atoms with Gasteiger partial charge in [-0.15, -0.1) is 0 Å². The topological polar surface area (TPSA) is 21.7 Å². The summed E-state index contributed by atoms with van der Waals surface area (Å²) in [6, 6.07) is 10.4. The molecule has 1 aromatic rings. The first-order valence-electron chi connectivity index (χ1n) is 6.34. The quantitative estimate of drug-likeness (QED) is 0.616. The van der Waals surface area contributed by atoms with Gasteiger partial charge in [-0.2, -0.15) is 0 Å². The summed E-state index contributed by atoms with van der Waals surface area (Å²) in [5.41, 5.74) is 1.23. The summed E-state index contributed by atoms with van der Waals surface area (Å²) < 4.78 is 10.8. The van der Waals surface area contributed by atoms with Crippen LogP contribution in [0.25, 0.3) is 0 Å². The minimum Gasteiger partial charge on any atom is -0.380 e. The highest BCUT2D eigenvalue weighted by Crippen LogP contribution is 2.12. The largest absolute Gasteiger partial charge is 0.380 e. The average molecular weight is 237 g/mol. The highest BCUT2D eigenvalue weighted by atomic mass is 16.5. The molecule has 0 aliphatic heterocycles. The molecule has 0 spiro atoms. The van der Waals surface area contributed by atoms with Gasteiger partial charge in [0.1, 0.15) is 0 Å². The van der Waals surface area contributed by atoms with Crippen LogP contribution in [0.15, 0.2) is 30.3 Å². The molecule has 17 heavy (non-hydrogen) atoms. The predicted molar refractivity (Wildman–Crippen MR) is 71.6 cm³/mol. The standard InChI is InChI=1S/C14H23NO2/c1-3-16-12-10-15(11-13-17-4-2)14-8-6-5-7-9-14/h5-9H,3-4,10-13H2,1-2H3. The van der Waals surface area contributed by atoms with Crippen LogP contribution in [0.1, 0.15) is 13.8 Å². The van der Waals surface area contributed by atoms with Crippen LogP contribution in [-0.2, 0) is 9.47 Å². The van der Waals surface area contributed by atoms with E-state index >= 15 is 0 Å². The van der Waals surface area contributed by atoms with Gasteiger partial charge in [-0.3, -0.25) is 0 Å². The van der Waals surface area contributed by atoms with Gasteiger partial charge in [-0.25, -0.2) is 0 Å². The van der Waals surface area contributed by atoms with Gasteiger partial charge in [-0.1, -0.05) is 18.2 Å². The second kappa shape index (κ2) is 9.02. The molecule has 1 rings (SSSR count). The molecule has 0 saturated carbocycles. The first kappa shape index (κ1) is 14.0. The number of hydrogen-bond donors (Lipinski definition) is 0. The Bertz CT molecular complexity index is 267. The zero-order valence-electron chi connectivity index (χ0n) is 10.9. The lowest BCUT2D eigenvalue weighted by atomic mass is 10.3. The van der Waals surface area contributed by atoms with Crippen molar-refractivity contribution >= 4 is 5.69 Å². The molecular formula is C14H23NO2. The maximum absolute atomic E-state index is 5.41. The van der Waals surface area contributed by atoms with E-state index < -0.39 is 0 Å². The average Bonchev–Trinajstić information content (AvgIpc) is 2.38. The normalized spacial score (nSPS) is 10.5. The Balaban J connectivity index is 2.46. The molecule has 0 atom stereocenters. The van der Waals surface area contributed by atoms with Crippen LogP contribution in [0.4, 0.5) is 5.69 Å². The van der Waals surface area contributed by atoms with Crippen LogP contribution < -0.4 is 4.90 Å². The van der Waals surface area contributed by atoms with Gasteiger partial charge in [0.2, 0.25) is 0 Å². The lowest BCUT2D eigenvalue weighted by Gasteiger charge is -2.24. The summed E-state index contributed by atoms with van der Waals surface area (Å²) in [6.07, 6.45) is 0. The fourth-order valence-electron chi connectivity index (χ4n) is 1.65. The highest BCUT2D eigenvalue weighted by Gasteiger charge is 2.05. The van der Waals surface area contributed by atoms with Crippen molar-refractivity contribution < 1.29 is 9.47 Å². The van der Waals surface area contributed by atoms with Crippen molar-refractivity contribution in [2.75, 3.05) is 44.4 Å². The summed E-state index contributed by atoms with van der Waals surface area (Å²) in [4.78, 5) is 2.30. The third-order valence-corrected chi connectivity index (χ3v) is 2.54. The summed E-state index contributed by atoms with van der Waals surface area (Å²) in [7, 11) is 0. The van der Waals surface area contributed by atoms with E-state index in [1.54, 1.807) is 0 Å². The van der Waals surface area contributed by atoms with Gasteiger partial charge in [0.05, 0.1) is 13.2 Å². The zero-order valence-corrected chi connectivity index (χ0v) is 10.9. The van der Waals surface area contributed by atoms with E-state index in [0.717, 1.165) is 39.5 Å². The molecule has 0 aliphatic rings. The van der Waals surface area contributed by atoms with Crippen LogP contribution in [0.3, 0.4) is 0 Å². The lowest BCUT2D eigenvalue weighted by molar-refractivity contribution is 0.141. The van der Waals surface area contributed by atoms with Crippen molar-refractivity contribution in [2.45, 2.75) is 13.8 Å². The van der Waals surface area contributed by atoms with Crippen LogP contribution in [0, 0.1) is 0 Å². The van der Waals surface area contributed by atoms with Gasteiger partial charge in [-0.05, 0) is 26.0 Å². The Morgan fingerprint density at radius 1 is 0.882 bits per heavy atom. The SMILES string of the molecule is CCOCCN(CCOCC)c1ccccc1.